The van der Waals surface area contributed by atoms with Crippen LogP contribution in [-0.2, 0) is 0 Å². The smallest absolute Gasteiger partial charge is 0.281 e. The number of nitrogens with zero attached hydrogens (tertiary/aromatic N) is 3. The molecule has 0 aliphatic heterocycles. The molecule has 4 rings (SSSR count). The summed E-state index contributed by atoms with van der Waals surface area (Å²) in [5, 5.41) is 5.64. The average Bonchev–Trinajstić information content (AvgIpc) is 2.67. The molecule has 4 aromatic rings. The minimum atomic E-state index is -0.469. The highest BCUT2D eigenvalue weighted by Crippen LogP contribution is 2.36. The lowest BCUT2D eigenvalue weighted by atomic mass is 10.1. The van der Waals surface area contributed by atoms with Crippen molar-refractivity contribution < 1.29 is 4.74 Å². The predicted octanol–water partition coefficient (Wildman–Crippen LogP) is 6.16. The van der Waals surface area contributed by atoms with Crippen LogP contribution in [0.2, 0.25) is 20.1 Å². The van der Waals surface area contributed by atoms with Gasteiger partial charge < -0.3 is 4.74 Å². The minimum absolute atomic E-state index is 0.235. The van der Waals surface area contributed by atoms with E-state index in [0.29, 0.717) is 31.9 Å². The number of hydrogen-bond acceptors (Lipinski definition) is 4. The zero-order valence-corrected chi connectivity index (χ0v) is 16.9. The van der Waals surface area contributed by atoms with Crippen LogP contribution in [0.3, 0.4) is 0 Å². The van der Waals surface area contributed by atoms with Gasteiger partial charge in [-0.2, -0.15) is 4.98 Å². The molecule has 0 N–H and O–H groups in total. The maximum absolute atomic E-state index is 12.5. The first kappa shape index (κ1) is 19.0. The molecule has 0 saturated heterocycles. The largest absolute Gasteiger partial charge is 0.436 e. The first-order chi connectivity index (χ1) is 13.5. The third-order valence-electron chi connectivity index (χ3n) is 3.93. The highest BCUT2D eigenvalue weighted by molar-refractivity contribution is 6.43. The molecule has 2 heterocycles. The molecular formula is C19H9Cl4N3O2. The zero-order valence-electron chi connectivity index (χ0n) is 13.9. The molecule has 0 fully saturated rings. The van der Waals surface area contributed by atoms with Crippen molar-refractivity contribution in [3.05, 3.63) is 85.3 Å². The van der Waals surface area contributed by atoms with Gasteiger partial charge in [-0.15, -0.1) is 5.10 Å². The van der Waals surface area contributed by atoms with Crippen molar-refractivity contribution >= 4 is 51.9 Å². The first-order valence-electron chi connectivity index (χ1n) is 7.90. The van der Waals surface area contributed by atoms with E-state index in [1.165, 1.54) is 10.8 Å². The van der Waals surface area contributed by atoms with Crippen LogP contribution in [0.1, 0.15) is 0 Å². The molecule has 2 aromatic heterocycles. The van der Waals surface area contributed by atoms with Gasteiger partial charge in [-0.25, -0.2) is 4.52 Å². The Morgan fingerprint density at radius 3 is 2.25 bits per heavy atom. The molecule has 5 nitrogen and oxygen atoms in total. The molecular weight excluding hydrogens is 444 g/mol. The van der Waals surface area contributed by atoms with Crippen molar-refractivity contribution in [2.45, 2.75) is 0 Å². The third kappa shape index (κ3) is 3.42. The van der Waals surface area contributed by atoms with E-state index in [0.717, 1.165) is 0 Å². The number of aromatic nitrogens is 3. The standard InChI is InChI=1S/C19H9Cl4N3O2/c20-10-3-1-4-11(21)16(10)17-13-7-8-15(25-26(13)9-24-19(17)27)28-14-6-2-5-12(22)18(14)23/h1-9H. The van der Waals surface area contributed by atoms with E-state index in [9.17, 15) is 4.79 Å². The Balaban J connectivity index is 1.86. The number of ether oxygens (including phenoxy) is 1. The van der Waals surface area contributed by atoms with E-state index < -0.39 is 5.56 Å². The summed E-state index contributed by atoms with van der Waals surface area (Å²) in [5.41, 5.74) is 0.649. The zero-order chi connectivity index (χ0) is 19.8. The monoisotopic (exact) mass is 451 g/mol. The maximum Gasteiger partial charge on any atom is 0.281 e. The van der Waals surface area contributed by atoms with Crippen LogP contribution < -0.4 is 10.3 Å². The molecule has 0 aliphatic carbocycles. The fourth-order valence-electron chi connectivity index (χ4n) is 2.69. The Labute approximate surface area is 179 Å². The summed E-state index contributed by atoms with van der Waals surface area (Å²) in [4.78, 5) is 16.3. The lowest BCUT2D eigenvalue weighted by Crippen LogP contribution is -2.14. The summed E-state index contributed by atoms with van der Waals surface area (Å²) in [6, 6.07) is 13.3. The molecule has 0 unspecified atom stereocenters. The number of halogens is 4. The Kier molecular flexibility index (Phi) is 5.17. The van der Waals surface area contributed by atoms with Crippen LogP contribution in [0.25, 0.3) is 16.6 Å². The molecule has 140 valence electrons. The van der Waals surface area contributed by atoms with Gasteiger partial charge in [0, 0.05) is 11.6 Å². The highest BCUT2D eigenvalue weighted by Gasteiger charge is 2.17. The summed E-state index contributed by atoms with van der Waals surface area (Å²) in [7, 11) is 0. The van der Waals surface area contributed by atoms with Crippen LogP contribution in [0, 0.1) is 0 Å². The molecule has 0 bridgehead atoms. The molecule has 9 heteroatoms. The molecule has 0 saturated carbocycles. The van der Waals surface area contributed by atoms with Gasteiger partial charge in [-0.1, -0.05) is 58.5 Å². The predicted molar refractivity (Wildman–Crippen MR) is 111 cm³/mol. The summed E-state index contributed by atoms with van der Waals surface area (Å²) in [6.07, 6.45) is 1.29. The Morgan fingerprint density at radius 2 is 1.50 bits per heavy atom. The van der Waals surface area contributed by atoms with E-state index in [1.807, 2.05) is 0 Å². The Bertz CT molecular complexity index is 1250. The Morgan fingerprint density at radius 1 is 0.821 bits per heavy atom. The number of rotatable bonds is 3. The van der Waals surface area contributed by atoms with Crippen molar-refractivity contribution in [3.8, 4) is 22.8 Å². The van der Waals surface area contributed by atoms with E-state index in [2.05, 4.69) is 10.1 Å². The number of fused-ring (bicyclic) bond motifs is 1. The number of hydrogen-bond donors (Lipinski definition) is 0. The van der Waals surface area contributed by atoms with Gasteiger partial charge >= 0.3 is 0 Å². The van der Waals surface area contributed by atoms with E-state index in [4.69, 9.17) is 51.1 Å². The molecule has 0 atom stereocenters. The van der Waals surface area contributed by atoms with Crippen molar-refractivity contribution in [1.82, 2.24) is 14.6 Å². The molecule has 0 aliphatic rings. The van der Waals surface area contributed by atoms with E-state index >= 15 is 0 Å². The van der Waals surface area contributed by atoms with E-state index in [-0.39, 0.29) is 16.5 Å². The second kappa shape index (κ2) is 7.60. The van der Waals surface area contributed by atoms with E-state index in [1.54, 1.807) is 48.5 Å². The average molecular weight is 453 g/mol. The van der Waals surface area contributed by atoms with Crippen molar-refractivity contribution in [1.29, 1.82) is 0 Å². The van der Waals surface area contributed by atoms with Gasteiger partial charge in [0.25, 0.3) is 5.56 Å². The second-order valence-corrected chi connectivity index (χ2v) is 7.28. The summed E-state index contributed by atoms with van der Waals surface area (Å²) < 4.78 is 7.12. The normalized spacial score (nSPS) is 11.0. The third-order valence-corrected chi connectivity index (χ3v) is 5.37. The second-order valence-electron chi connectivity index (χ2n) is 5.68. The van der Waals surface area contributed by atoms with Gasteiger partial charge in [-0.05, 0) is 30.3 Å². The molecule has 2 aromatic carbocycles. The molecule has 0 spiro atoms. The maximum atomic E-state index is 12.5. The van der Waals surface area contributed by atoms with Gasteiger partial charge in [0.1, 0.15) is 17.1 Å². The summed E-state index contributed by atoms with van der Waals surface area (Å²) in [5.74, 6) is 0.586. The van der Waals surface area contributed by atoms with Crippen LogP contribution in [0.5, 0.6) is 11.6 Å². The fraction of sp³-hybridized carbons (Fsp3) is 0. The molecule has 0 radical (unpaired) electrons. The lowest BCUT2D eigenvalue weighted by molar-refractivity contribution is 0.452. The number of benzene rings is 2. The molecule has 28 heavy (non-hydrogen) atoms. The minimum Gasteiger partial charge on any atom is -0.436 e. The van der Waals surface area contributed by atoms with Crippen molar-refractivity contribution in [3.63, 3.8) is 0 Å². The topological polar surface area (TPSA) is 56.5 Å². The quantitative estimate of drug-likeness (QED) is 0.373. The van der Waals surface area contributed by atoms with Crippen molar-refractivity contribution in [2.75, 3.05) is 0 Å². The van der Waals surface area contributed by atoms with Gasteiger partial charge in [-0.3, -0.25) is 4.79 Å². The SMILES string of the molecule is O=c1ncn2nc(Oc3cccc(Cl)c3Cl)ccc2c1-c1c(Cl)cccc1Cl. The molecule has 0 amide bonds. The fourth-order valence-corrected chi connectivity index (χ4v) is 3.61. The highest BCUT2D eigenvalue weighted by atomic mass is 35.5. The van der Waals surface area contributed by atoms with Gasteiger partial charge in [0.05, 0.1) is 26.1 Å². The van der Waals surface area contributed by atoms with Crippen LogP contribution in [-0.4, -0.2) is 14.6 Å². The first-order valence-corrected chi connectivity index (χ1v) is 9.42. The van der Waals surface area contributed by atoms with Crippen LogP contribution >= 0.6 is 46.4 Å². The lowest BCUT2D eigenvalue weighted by Gasteiger charge is -2.11. The summed E-state index contributed by atoms with van der Waals surface area (Å²) in [6.45, 7) is 0. The summed E-state index contributed by atoms with van der Waals surface area (Å²) >= 11 is 24.7. The van der Waals surface area contributed by atoms with Crippen LogP contribution in [0.15, 0.2) is 59.7 Å². The van der Waals surface area contributed by atoms with Crippen molar-refractivity contribution in [2.24, 2.45) is 0 Å². The Hall–Kier alpha value is -2.31. The van der Waals surface area contributed by atoms with Gasteiger partial charge in [0.15, 0.2) is 0 Å². The van der Waals surface area contributed by atoms with Gasteiger partial charge in [0.2, 0.25) is 5.88 Å². The van der Waals surface area contributed by atoms with Crippen LogP contribution in [0.4, 0.5) is 0 Å².